The summed E-state index contributed by atoms with van der Waals surface area (Å²) in [6, 6.07) is 0. The van der Waals surface area contributed by atoms with E-state index in [0.29, 0.717) is 0 Å². The summed E-state index contributed by atoms with van der Waals surface area (Å²) in [5, 5.41) is 45.3. The van der Waals surface area contributed by atoms with Gasteiger partial charge in [0, 0.05) is 0 Å². The molecule has 0 amide bonds. The Kier molecular flexibility index (Phi) is 4.59. The molecule has 8 nitrogen and oxygen atoms in total. The normalized spacial score (nSPS) is 39.6. The van der Waals surface area contributed by atoms with Gasteiger partial charge in [0.25, 0.3) is 0 Å². The third-order valence-corrected chi connectivity index (χ3v) is 2.22. The molecule has 5 N–H and O–H groups in total. The van der Waals surface area contributed by atoms with Gasteiger partial charge in [-0.15, -0.1) is 0 Å². The van der Waals surface area contributed by atoms with Gasteiger partial charge in [-0.05, 0) is 0 Å². The molecule has 0 aromatic rings. The average Bonchev–Trinajstić information content (AvgIpc) is 2.25. The van der Waals surface area contributed by atoms with Gasteiger partial charge in [0.2, 0.25) is 0 Å². The number of aliphatic hydroxyl groups is 4. The fourth-order valence-electron chi connectivity index (χ4n) is 1.36. The van der Waals surface area contributed by atoms with E-state index in [1.165, 1.54) is 0 Å². The third kappa shape index (κ3) is 2.88. The zero-order valence-corrected chi connectivity index (χ0v) is 8.26. The number of rotatable bonds is 4. The summed E-state index contributed by atoms with van der Waals surface area (Å²) < 4.78 is 9.54. The van der Waals surface area contributed by atoms with Crippen LogP contribution in [0, 0.1) is 0 Å². The predicted octanol–water partition coefficient (Wildman–Crippen LogP) is -3.11. The van der Waals surface area contributed by atoms with Gasteiger partial charge in [0.1, 0.15) is 31.0 Å². The van der Waals surface area contributed by atoms with E-state index in [-0.39, 0.29) is 0 Å². The largest absolute Gasteiger partial charge is 0.480 e. The summed E-state index contributed by atoms with van der Waals surface area (Å²) in [6.07, 6.45) is -7.12. The van der Waals surface area contributed by atoms with Crippen LogP contribution in [0.25, 0.3) is 0 Å². The van der Waals surface area contributed by atoms with Gasteiger partial charge in [-0.2, -0.15) is 0 Å². The minimum atomic E-state index is -1.57. The first-order valence-corrected chi connectivity index (χ1v) is 4.61. The Morgan fingerprint density at radius 3 is 2.31 bits per heavy atom. The van der Waals surface area contributed by atoms with Crippen LogP contribution in [-0.4, -0.2) is 75.4 Å². The van der Waals surface area contributed by atoms with Crippen molar-refractivity contribution in [2.75, 3.05) is 13.2 Å². The van der Waals surface area contributed by atoms with E-state index >= 15 is 0 Å². The molecule has 1 heterocycles. The van der Waals surface area contributed by atoms with Crippen molar-refractivity contribution in [3.63, 3.8) is 0 Å². The lowest BCUT2D eigenvalue weighted by Crippen LogP contribution is -2.59. The fourth-order valence-corrected chi connectivity index (χ4v) is 1.36. The first-order chi connectivity index (χ1) is 7.47. The van der Waals surface area contributed by atoms with Gasteiger partial charge in [-0.1, -0.05) is 0 Å². The van der Waals surface area contributed by atoms with Crippen molar-refractivity contribution in [3.8, 4) is 0 Å². The molecule has 0 spiro atoms. The van der Waals surface area contributed by atoms with Crippen LogP contribution in [0.3, 0.4) is 0 Å². The zero-order valence-electron chi connectivity index (χ0n) is 8.26. The van der Waals surface area contributed by atoms with Crippen molar-refractivity contribution in [2.45, 2.75) is 30.7 Å². The maximum absolute atomic E-state index is 10.2. The SMILES string of the molecule is O=C(O)COC1OC(CO)C(O)C(O)C1O. The minimum Gasteiger partial charge on any atom is -0.480 e. The van der Waals surface area contributed by atoms with Crippen molar-refractivity contribution in [1.82, 2.24) is 0 Å². The van der Waals surface area contributed by atoms with E-state index in [9.17, 15) is 20.1 Å². The van der Waals surface area contributed by atoms with Crippen LogP contribution in [-0.2, 0) is 14.3 Å². The molecule has 1 fully saturated rings. The van der Waals surface area contributed by atoms with E-state index in [4.69, 9.17) is 14.9 Å². The lowest BCUT2D eigenvalue weighted by molar-refractivity contribution is -0.300. The smallest absolute Gasteiger partial charge is 0.329 e. The van der Waals surface area contributed by atoms with E-state index in [1.807, 2.05) is 0 Å². The van der Waals surface area contributed by atoms with Crippen LogP contribution in [0.1, 0.15) is 0 Å². The van der Waals surface area contributed by atoms with E-state index in [0.717, 1.165) is 0 Å². The van der Waals surface area contributed by atoms with Crippen LogP contribution in [0.15, 0.2) is 0 Å². The summed E-state index contributed by atoms with van der Waals surface area (Å²) in [4.78, 5) is 10.2. The Hall–Kier alpha value is -0.770. The monoisotopic (exact) mass is 238 g/mol. The minimum absolute atomic E-state index is 0.585. The summed E-state index contributed by atoms with van der Waals surface area (Å²) in [5.41, 5.74) is 0. The van der Waals surface area contributed by atoms with E-state index in [1.54, 1.807) is 0 Å². The molecule has 0 aromatic heterocycles. The Morgan fingerprint density at radius 2 is 1.81 bits per heavy atom. The number of carboxylic acids is 1. The van der Waals surface area contributed by atoms with Gasteiger partial charge in [0.05, 0.1) is 6.61 Å². The molecule has 1 saturated heterocycles. The molecule has 5 atom stereocenters. The number of carbonyl (C=O) groups is 1. The van der Waals surface area contributed by atoms with Crippen molar-refractivity contribution in [2.24, 2.45) is 0 Å². The topological polar surface area (TPSA) is 137 Å². The molecule has 8 heteroatoms. The van der Waals surface area contributed by atoms with Crippen molar-refractivity contribution in [1.29, 1.82) is 0 Å². The van der Waals surface area contributed by atoms with Gasteiger partial charge >= 0.3 is 5.97 Å². The predicted molar refractivity (Wildman–Crippen MR) is 47.4 cm³/mol. The Morgan fingerprint density at radius 1 is 1.19 bits per heavy atom. The van der Waals surface area contributed by atoms with Crippen molar-refractivity contribution >= 4 is 5.97 Å². The molecule has 0 saturated carbocycles. The number of aliphatic carboxylic acids is 1. The highest BCUT2D eigenvalue weighted by Crippen LogP contribution is 2.21. The second kappa shape index (κ2) is 5.53. The highest BCUT2D eigenvalue weighted by Gasteiger charge is 2.44. The van der Waals surface area contributed by atoms with Gasteiger partial charge in [0.15, 0.2) is 6.29 Å². The molecule has 1 aliphatic heterocycles. The summed E-state index contributed by atoms with van der Waals surface area (Å²) in [7, 11) is 0. The molecule has 5 unspecified atom stereocenters. The molecule has 1 rings (SSSR count). The molecule has 0 aromatic carbocycles. The third-order valence-electron chi connectivity index (χ3n) is 2.22. The van der Waals surface area contributed by atoms with Gasteiger partial charge in [-0.25, -0.2) is 4.79 Å². The maximum Gasteiger partial charge on any atom is 0.329 e. The molecular formula is C8H14O8. The average molecular weight is 238 g/mol. The van der Waals surface area contributed by atoms with Crippen LogP contribution < -0.4 is 0 Å². The number of hydrogen-bond acceptors (Lipinski definition) is 7. The number of hydrogen-bond donors (Lipinski definition) is 5. The number of carboxylic acid groups (broad SMARTS) is 1. The lowest BCUT2D eigenvalue weighted by Gasteiger charge is -2.39. The molecule has 0 radical (unpaired) electrons. The molecule has 16 heavy (non-hydrogen) atoms. The summed E-state index contributed by atoms with van der Waals surface area (Å²) >= 11 is 0. The maximum atomic E-state index is 10.2. The van der Waals surface area contributed by atoms with Crippen LogP contribution in [0.2, 0.25) is 0 Å². The van der Waals surface area contributed by atoms with Gasteiger partial charge < -0.3 is 35.0 Å². The van der Waals surface area contributed by atoms with Crippen molar-refractivity contribution < 1.29 is 39.8 Å². The second-order valence-corrected chi connectivity index (χ2v) is 3.40. The second-order valence-electron chi connectivity index (χ2n) is 3.40. The van der Waals surface area contributed by atoms with Crippen LogP contribution in [0.5, 0.6) is 0 Å². The summed E-state index contributed by atoms with van der Waals surface area (Å²) in [6.45, 7) is -1.30. The first-order valence-electron chi connectivity index (χ1n) is 4.61. The Balaban J connectivity index is 2.60. The summed E-state index contributed by atoms with van der Waals surface area (Å²) in [5.74, 6) is -1.27. The van der Waals surface area contributed by atoms with E-state index < -0.39 is 49.9 Å². The first kappa shape index (κ1) is 13.3. The van der Waals surface area contributed by atoms with Crippen LogP contribution in [0.4, 0.5) is 0 Å². The standard InChI is InChI=1S/C8H14O8/c9-1-3-5(12)6(13)7(14)8(16-3)15-2-4(10)11/h3,5-9,12-14H,1-2H2,(H,10,11). The number of ether oxygens (including phenoxy) is 2. The highest BCUT2D eigenvalue weighted by atomic mass is 16.7. The Bertz CT molecular complexity index is 242. The fraction of sp³-hybridized carbons (Fsp3) is 0.875. The zero-order chi connectivity index (χ0) is 12.3. The molecule has 1 aliphatic rings. The Labute approximate surface area is 90.6 Å². The van der Waals surface area contributed by atoms with Crippen molar-refractivity contribution in [3.05, 3.63) is 0 Å². The number of aliphatic hydroxyl groups excluding tert-OH is 4. The molecule has 94 valence electrons. The quantitative estimate of drug-likeness (QED) is 0.347. The van der Waals surface area contributed by atoms with Gasteiger partial charge in [-0.3, -0.25) is 0 Å². The molecule has 0 aliphatic carbocycles. The highest BCUT2D eigenvalue weighted by molar-refractivity contribution is 5.68. The molecular weight excluding hydrogens is 224 g/mol. The lowest BCUT2D eigenvalue weighted by atomic mass is 9.99. The molecule has 0 bridgehead atoms. The van der Waals surface area contributed by atoms with Crippen LogP contribution >= 0.6 is 0 Å². The van der Waals surface area contributed by atoms with E-state index in [2.05, 4.69) is 4.74 Å².